The molecule has 0 bridgehead atoms. The maximum absolute atomic E-state index is 12.3. The van der Waals surface area contributed by atoms with E-state index in [2.05, 4.69) is 0 Å². The Kier molecular flexibility index (Phi) is 3.20. The van der Waals surface area contributed by atoms with Crippen LogP contribution in [0.1, 0.15) is 41.5 Å². The molecule has 1 aliphatic rings. The average Bonchev–Trinajstić information content (AvgIpc) is 2.53. The maximum Gasteiger partial charge on any atom is 0.262 e. The number of imide groups is 1. The van der Waals surface area contributed by atoms with Gasteiger partial charge in [-0.05, 0) is 17.5 Å². The number of aliphatic hydroxyl groups excluding tert-OH is 1. The SMILES string of the molecule is CC(C)(C)[C@@H](C(O)O)N1C(=O)c2ccccc2C1=O. The molecule has 0 aromatic heterocycles. The number of fused-ring (bicyclic) bond motifs is 1. The van der Waals surface area contributed by atoms with Gasteiger partial charge in [0.05, 0.1) is 17.2 Å². The topological polar surface area (TPSA) is 77.8 Å². The van der Waals surface area contributed by atoms with E-state index in [9.17, 15) is 19.8 Å². The predicted molar refractivity (Wildman–Crippen MR) is 68.4 cm³/mol. The number of amides is 2. The van der Waals surface area contributed by atoms with Crippen LogP contribution in [0.5, 0.6) is 0 Å². The van der Waals surface area contributed by atoms with Crippen molar-refractivity contribution in [2.45, 2.75) is 33.1 Å². The normalized spacial score (nSPS) is 17.1. The van der Waals surface area contributed by atoms with Crippen molar-refractivity contribution >= 4 is 11.8 Å². The van der Waals surface area contributed by atoms with E-state index < -0.39 is 29.6 Å². The Labute approximate surface area is 111 Å². The van der Waals surface area contributed by atoms with Crippen molar-refractivity contribution in [3.8, 4) is 0 Å². The molecule has 1 aromatic rings. The summed E-state index contributed by atoms with van der Waals surface area (Å²) in [7, 11) is 0. The molecule has 0 spiro atoms. The minimum absolute atomic E-state index is 0.308. The number of benzene rings is 1. The van der Waals surface area contributed by atoms with E-state index in [4.69, 9.17) is 0 Å². The first-order valence-electron chi connectivity index (χ1n) is 6.08. The van der Waals surface area contributed by atoms with E-state index in [-0.39, 0.29) is 0 Å². The highest BCUT2D eigenvalue weighted by atomic mass is 16.5. The van der Waals surface area contributed by atoms with Crippen LogP contribution in [0.2, 0.25) is 0 Å². The fraction of sp³-hybridized carbons (Fsp3) is 0.429. The van der Waals surface area contributed by atoms with Gasteiger partial charge < -0.3 is 10.2 Å². The lowest BCUT2D eigenvalue weighted by Gasteiger charge is -2.37. The smallest absolute Gasteiger partial charge is 0.262 e. The van der Waals surface area contributed by atoms with Crippen LogP contribution in [0.3, 0.4) is 0 Å². The lowest BCUT2D eigenvalue weighted by molar-refractivity contribution is -0.114. The summed E-state index contributed by atoms with van der Waals surface area (Å²) in [6, 6.07) is 5.50. The highest BCUT2D eigenvalue weighted by Gasteiger charge is 2.46. The van der Waals surface area contributed by atoms with Crippen molar-refractivity contribution in [3.05, 3.63) is 35.4 Å². The molecule has 1 atom stereocenters. The third-order valence-electron chi connectivity index (χ3n) is 3.27. The number of carbonyl (C=O) groups is 2. The summed E-state index contributed by atoms with van der Waals surface area (Å²) in [6.07, 6.45) is -1.78. The van der Waals surface area contributed by atoms with Crippen molar-refractivity contribution < 1.29 is 19.8 Å². The fourth-order valence-corrected chi connectivity index (χ4v) is 2.43. The van der Waals surface area contributed by atoms with E-state index in [1.54, 1.807) is 45.0 Å². The molecule has 2 amide bonds. The van der Waals surface area contributed by atoms with Gasteiger partial charge in [0, 0.05) is 0 Å². The van der Waals surface area contributed by atoms with Crippen LogP contribution in [-0.4, -0.2) is 39.3 Å². The van der Waals surface area contributed by atoms with Gasteiger partial charge in [-0.25, -0.2) is 0 Å². The predicted octanol–water partition coefficient (Wildman–Crippen LogP) is 1.01. The molecule has 102 valence electrons. The largest absolute Gasteiger partial charge is 0.366 e. The molecule has 2 N–H and O–H groups in total. The summed E-state index contributed by atoms with van der Waals surface area (Å²) < 4.78 is 0. The van der Waals surface area contributed by atoms with Gasteiger partial charge in [0.1, 0.15) is 0 Å². The van der Waals surface area contributed by atoms with Crippen LogP contribution in [0.25, 0.3) is 0 Å². The Morgan fingerprint density at radius 3 is 1.74 bits per heavy atom. The summed E-state index contributed by atoms with van der Waals surface area (Å²) in [6.45, 7) is 5.25. The number of hydrogen-bond donors (Lipinski definition) is 2. The molecule has 0 unspecified atom stereocenters. The number of rotatable bonds is 2. The van der Waals surface area contributed by atoms with Crippen molar-refractivity contribution in [2.75, 3.05) is 0 Å². The van der Waals surface area contributed by atoms with E-state index in [1.165, 1.54) is 0 Å². The molecule has 0 saturated carbocycles. The van der Waals surface area contributed by atoms with Gasteiger partial charge in [-0.3, -0.25) is 14.5 Å². The monoisotopic (exact) mass is 263 g/mol. The van der Waals surface area contributed by atoms with Gasteiger partial charge in [0.15, 0.2) is 6.29 Å². The zero-order valence-electron chi connectivity index (χ0n) is 11.1. The quantitative estimate of drug-likeness (QED) is 0.616. The summed E-state index contributed by atoms with van der Waals surface area (Å²) in [5.41, 5.74) is -0.0218. The van der Waals surface area contributed by atoms with Gasteiger partial charge in [-0.2, -0.15) is 0 Å². The molecule has 1 aromatic carbocycles. The summed E-state index contributed by atoms with van der Waals surface area (Å²) >= 11 is 0. The molecular formula is C14H17NO4. The van der Waals surface area contributed by atoms with Crippen molar-refractivity contribution in [1.82, 2.24) is 4.90 Å². The van der Waals surface area contributed by atoms with E-state index >= 15 is 0 Å². The summed E-state index contributed by atoms with van der Waals surface area (Å²) in [5.74, 6) is -0.956. The number of hydrogen-bond acceptors (Lipinski definition) is 4. The van der Waals surface area contributed by atoms with Crippen LogP contribution in [0, 0.1) is 5.41 Å². The van der Waals surface area contributed by atoms with Gasteiger partial charge in [-0.15, -0.1) is 0 Å². The third kappa shape index (κ3) is 2.15. The van der Waals surface area contributed by atoms with E-state index in [0.29, 0.717) is 11.1 Å². The molecule has 0 aliphatic carbocycles. The third-order valence-corrected chi connectivity index (χ3v) is 3.27. The molecule has 0 radical (unpaired) electrons. The summed E-state index contributed by atoms with van der Waals surface area (Å²) in [5, 5.41) is 19.1. The van der Waals surface area contributed by atoms with Crippen molar-refractivity contribution in [1.29, 1.82) is 0 Å². The minimum atomic E-state index is -1.78. The lowest BCUT2D eigenvalue weighted by atomic mass is 9.85. The molecule has 1 aliphatic heterocycles. The zero-order chi connectivity index (χ0) is 14.4. The second kappa shape index (κ2) is 4.43. The first kappa shape index (κ1) is 13.7. The minimum Gasteiger partial charge on any atom is -0.366 e. The van der Waals surface area contributed by atoms with Crippen LogP contribution >= 0.6 is 0 Å². The highest BCUT2D eigenvalue weighted by Crippen LogP contribution is 2.33. The lowest BCUT2D eigenvalue weighted by Crippen LogP contribution is -2.53. The molecule has 5 heteroatoms. The second-order valence-corrected chi connectivity index (χ2v) is 5.75. The van der Waals surface area contributed by atoms with Crippen LogP contribution in [0.15, 0.2) is 24.3 Å². The van der Waals surface area contributed by atoms with Crippen LogP contribution < -0.4 is 0 Å². The first-order chi connectivity index (χ1) is 8.75. The van der Waals surface area contributed by atoms with Crippen molar-refractivity contribution in [3.63, 3.8) is 0 Å². The fourth-order valence-electron chi connectivity index (χ4n) is 2.43. The molecule has 1 heterocycles. The van der Waals surface area contributed by atoms with Gasteiger partial charge >= 0.3 is 0 Å². The van der Waals surface area contributed by atoms with Crippen LogP contribution in [0.4, 0.5) is 0 Å². The van der Waals surface area contributed by atoms with Gasteiger partial charge in [-0.1, -0.05) is 32.9 Å². The second-order valence-electron chi connectivity index (χ2n) is 5.75. The molecular weight excluding hydrogens is 246 g/mol. The van der Waals surface area contributed by atoms with Gasteiger partial charge in [0.2, 0.25) is 0 Å². The number of nitrogens with zero attached hydrogens (tertiary/aromatic N) is 1. The summed E-state index contributed by atoms with van der Waals surface area (Å²) in [4.78, 5) is 25.5. The number of carbonyl (C=O) groups excluding carboxylic acids is 2. The Balaban J connectivity index is 2.49. The zero-order valence-corrected chi connectivity index (χ0v) is 11.1. The van der Waals surface area contributed by atoms with E-state index in [0.717, 1.165) is 4.90 Å². The molecule has 5 nitrogen and oxygen atoms in total. The van der Waals surface area contributed by atoms with Crippen molar-refractivity contribution in [2.24, 2.45) is 5.41 Å². The van der Waals surface area contributed by atoms with Gasteiger partial charge in [0.25, 0.3) is 11.8 Å². The van der Waals surface area contributed by atoms with Crippen LogP contribution in [-0.2, 0) is 0 Å². The molecule has 0 fully saturated rings. The van der Waals surface area contributed by atoms with E-state index in [1.807, 2.05) is 0 Å². The Bertz CT molecular complexity index is 495. The number of aliphatic hydroxyl groups is 2. The Morgan fingerprint density at radius 2 is 1.42 bits per heavy atom. The maximum atomic E-state index is 12.3. The average molecular weight is 263 g/mol. The highest BCUT2D eigenvalue weighted by molar-refractivity contribution is 6.21. The molecule has 0 saturated heterocycles. The Morgan fingerprint density at radius 1 is 1.00 bits per heavy atom. The molecule has 2 rings (SSSR count). The first-order valence-corrected chi connectivity index (χ1v) is 6.08. The molecule has 19 heavy (non-hydrogen) atoms. The Hall–Kier alpha value is -1.72. The standard InChI is InChI=1S/C14H17NO4/c1-14(2,3)10(13(18)19)15-11(16)8-6-4-5-7-9(8)12(15)17/h4-7,10,13,18-19H,1-3H3/t10-/m1/s1.